The number of hydrogen-bond acceptors (Lipinski definition) is 4. The third kappa shape index (κ3) is 4.42. The topological polar surface area (TPSA) is 25.8 Å². The van der Waals surface area contributed by atoms with Crippen LogP contribution in [0.25, 0.3) is 0 Å². The van der Waals surface area contributed by atoms with Gasteiger partial charge >= 0.3 is 0 Å². The Bertz CT molecular complexity index is 273. The number of nitrogens with zero attached hydrogens (tertiary/aromatic N) is 2. The molecule has 0 aliphatic carbocycles. The summed E-state index contributed by atoms with van der Waals surface area (Å²) in [4.78, 5) is 0. The van der Waals surface area contributed by atoms with E-state index in [9.17, 15) is 0 Å². The molecule has 4 heteroatoms. The first-order valence-corrected chi connectivity index (χ1v) is 6.43. The van der Waals surface area contributed by atoms with Gasteiger partial charge < -0.3 is 0 Å². The van der Waals surface area contributed by atoms with Gasteiger partial charge in [0.05, 0.1) is 0 Å². The summed E-state index contributed by atoms with van der Waals surface area (Å²) in [6, 6.07) is 0. The highest BCUT2D eigenvalue weighted by molar-refractivity contribution is 8.02. The predicted molar refractivity (Wildman–Crippen MR) is 63.9 cm³/mol. The van der Waals surface area contributed by atoms with Crippen molar-refractivity contribution < 1.29 is 0 Å². The molecule has 1 heterocycles. The minimum Gasteiger partial charge on any atom is -0.146 e. The molecule has 0 saturated heterocycles. The van der Waals surface area contributed by atoms with E-state index in [0.717, 1.165) is 4.34 Å². The molecule has 80 valence electrons. The van der Waals surface area contributed by atoms with Gasteiger partial charge in [-0.2, -0.15) is 0 Å². The molecule has 14 heavy (non-hydrogen) atoms. The van der Waals surface area contributed by atoms with Gasteiger partial charge in [0.15, 0.2) is 4.34 Å². The zero-order valence-corrected chi connectivity index (χ0v) is 11.1. The van der Waals surface area contributed by atoms with Crippen molar-refractivity contribution in [1.29, 1.82) is 0 Å². The van der Waals surface area contributed by atoms with Crippen LogP contribution in [0.15, 0.2) is 9.85 Å². The molecule has 1 rings (SSSR count). The molecule has 0 fully saturated rings. The smallest absolute Gasteiger partial charge is 0.146 e. The normalized spacial score (nSPS) is 13.2. The van der Waals surface area contributed by atoms with Crippen LogP contribution in [0, 0.1) is 5.41 Å². The van der Waals surface area contributed by atoms with Crippen LogP contribution in [0.4, 0.5) is 0 Å². The van der Waals surface area contributed by atoms with Crippen molar-refractivity contribution in [3.63, 3.8) is 0 Å². The Balaban J connectivity index is 2.58. The zero-order chi connectivity index (χ0) is 10.8. The molecule has 0 aliphatic heterocycles. The predicted octanol–water partition coefficient (Wildman–Crippen LogP) is 3.85. The minimum absolute atomic E-state index is 0.234. The second-order valence-electron chi connectivity index (χ2n) is 5.30. The monoisotopic (exact) mass is 230 g/mol. The number of hydrogen-bond donors (Lipinski definition) is 0. The van der Waals surface area contributed by atoms with Crippen LogP contribution in [0.2, 0.25) is 0 Å². The van der Waals surface area contributed by atoms with E-state index in [1.807, 2.05) is 11.8 Å². The lowest BCUT2D eigenvalue weighted by molar-refractivity contribution is 0.339. The van der Waals surface area contributed by atoms with Gasteiger partial charge in [-0.1, -0.05) is 57.7 Å². The molecule has 0 radical (unpaired) electrons. The molecule has 2 nitrogen and oxygen atoms in total. The molecule has 0 amide bonds. The van der Waals surface area contributed by atoms with Crippen LogP contribution < -0.4 is 0 Å². The van der Waals surface area contributed by atoms with E-state index in [2.05, 4.69) is 44.8 Å². The van der Waals surface area contributed by atoms with Crippen LogP contribution in [0.5, 0.6) is 0 Å². The summed E-state index contributed by atoms with van der Waals surface area (Å²) in [6.45, 7) is 11.4. The molecule has 0 spiro atoms. The Labute approximate surface area is 94.5 Å². The first-order chi connectivity index (χ1) is 6.29. The SMILES string of the molecule is CC(C)(C)CC(C)(C)Sc1nncs1. The zero-order valence-electron chi connectivity index (χ0n) is 9.50. The van der Waals surface area contributed by atoms with Crippen molar-refractivity contribution in [1.82, 2.24) is 10.2 Å². The Morgan fingerprint density at radius 1 is 1.29 bits per heavy atom. The summed E-state index contributed by atoms with van der Waals surface area (Å²) < 4.78 is 1.30. The van der Waals surface area contributed by atoms with Crippen molar-refractivity contribution >= 4 is 23.1 Å². The van der Waals surface area contributed by atoms with Gasteiger partial charge in [0.2, 0.25) is 0 Å². The Hall–Kier alpha value is -0.0900. The molecule has 0 N–H and O–H groups in total. The van der Waals surface area contributed by atoms with Crippen LogP contribution in [0.3, 0.4) is 0 Å². The van der Waals surface area contributed by atoms with Crippen molar-refractivity contribution in [3.05, 3.63) is 5.51 Å². The summed E-state index contributed by atoms with van der Waals surface area (Å²) in [5.74, 6) is 0. The van der Waals surface area contributed by atoms with Crippen LogP contribution in [0.1, 0.15) is 41.0 Å². The second-order valence-corrected chi connectivity index (χ2v) is 8.09. The summed E-state index contributed by atoms with van der Waals surface area (Å²) >= 11 is 3.44. The molecule has 1 aromatic rings. The molecular weight excluding hydrogens is 212 g/mol. The first kappa shape index (κ1) is 12.0. The lowest BCUT2D eigenvalue weighted by Crippen LogP contribution is -2.23. The lowest BCUT2D eigenvalue weighted by atomic mass is 9.86. The van der Waals surface area contributed by atoms with Gasteiger partial charge in [-0.3, -0.25) is 0 Å². The number of rotatable bonds is 3. The van der Waals surface area contributed by atoms with Gasteiger partial charge in [0.25, 0.3) is 0 Å². The van der Waals surface area contributed by atoms with Crippen molar-refractivity contribution in [2.45, 2.75) is 50.1 Å². The summed E-state index contributed by atoms with van der Waals surface area (Å²) in [5, 5.41) is 7.91. The summed E-state index contributed by atoms with van der Waals surface area (Å²) in [6.07, 6.45) is 1.17. The summed E-state index contributed by atoms with van der Waals surface area (Å²) in [5.41, 5.74) is 2.15. The van der Waals surface area contributed by atoms with Crippen molar-refractivity contribution in [2.75, 3.05) is 0 Å². The van der Waals surface area contributed by atoms with Crippen LogP contribution in [-0.4, -0.2) is 14.9 Å². The van der Waals surface area contributed by atoms with Gasteiger partial charge in [0, 0.05) is 4.75 Å². The van der Waals surface area contributed by atoms with Gasteiger partial charge in [-0.15, -0.1) is 10.2 Å². The van der Waals surface area contributed by atoms with Gasteiger partial charge in [-0.05, 0) is 11.8 Å². The van der Waals surface area contributed by atoms with Crippen molar-refractivity contribution in [2.24, 2.45) is 5.41 Å². The molecule has 0 aromatic carbocycles. The standard InChI is InChI=1S/C10H18N2S2/c1-9(2,3)6-10(4,5)14-8-12-11-7-13-8/h7H,6H2,1-5H3. The first-order valence-electron chi connectivity index (χ1n) is 4.74. The van der Waals surface area contributed by atoms with Gasteiger partial charge in [0.1, 0.15) is 5.51 Å². The molecular formula is C10H18N2S2. The Morgan fingerprint density at radius 3 is 2.36 bits per heavy atom. The highest BCUT2D eigenvalue weighted by atomic mass is 32.2. The maximum Gasteiger partial charge on any atom is 0.174 e. The average Bonchev–Trinajstić information content (AvgIpc) is 2.31. The fraction of sp³-hybridized carbons (Fsp3) is 0.800. The molecule has 0 saturated carbocycles. The Morgan fingerprint density at radius 2 is 1.93 bits per heavy atom. The number of thioether (sulfide) groups is 1. The van der Waals surface area contributed by atoms with E-state index in [1.54, 1.807) is 16.8 Å². The minimum atomic E-state index is 0.234. The second kappa shape index (κ2) is 4.19. The molecule has 0 atom stereocenters. The van der Waals surface area contributed by atoms with E-state index in [1.165, 1.54) is 6.42 Å². The fourth-order valence-electron chi connectivity index (χ4n) is 1.76. The largest absolute Gasteiger partial charge is 0.174 e. The number of aromatic nitrogens is 2. The lowest BCUT2D eigenvalue weighted by Gasteiger charge is -2.30. The third-order valence-electron chi connectivity index (χ3n) is 1.66. The Kier molecular flexibility index (Phi) is 3.58. The quantitative estimate of drug-likeness (QED) is 0.738. The van der Waals surface area contributed by atoms with E-state index in [-0.39, 0.29) is 4.75 Å². The van der Waals surface area contributed by atoms with E-state index >= 15 is 0 Å². The maximum atomic E-state index is 4.06. The van der Waals surface area contributed by atoms with E-state index in [0.29, 0.717) is 5.41 Å². The van der Waals surface area contributed by atoms with Crippen LogP contribution >= 0.6 is 23.1 Å². The third-order valence-corrected chi connectivity index (χ3v) is 3.63. The maximum absolute atomic E-state index is 4.06. The fourth-order valence-corrected chi connectivity index (χ4v) is 4.10. The average molecular weight is 230 g/mol. The highest BCUT2D eigenvalue weighted by Crippen LogP contribution is 2.40. The molecule has 1 aromatic heterocycles. The van der Waals surface area contributed by atoms with Crippen LogP contribution in [-0.2, 0) is 0 Å². The molecule has 0 unspecified atom stereocenters. The van der Waals surface area contributed by atoms with E-state index < -0.39 is 0 Å². The summed E-state index contributed by atoms with van der Waals surface area (Å²) in [7, 11) is 0. The highest BCUT2D eigenvalue weighted by Gasteiger charge is 2.27. The van der Waals surface area contributed by atoms with E-state index in [4.69, 9.17) is 0 Å². The molecule has 0 aliphatic rings. The van der Waals surface area contributed by atoms with Gasteiger partial charge in [-0.25, -0.2) is 0 Å². The molecule has 0 bridgehead atoms. The van der Waals surface area contributed by atoms with Crippen molar-refractivity contribution in [3.8, 4) is 0 Å².